The number of hydrogen-bond donors (Lipinski definition) is 1. The van der Waals surface area contributed by atoms with E-state index in [1.807, 2.05) is 18.2 Å². The van der Waals surface area contributed by atoms with E-state index in [4.69, 9.17) is 0 Å². The van der Waals surface area contributed by atoms with Crippen molar-refractivity contribution in [2.45, 2.75) is 32.4 Å². The first-order valence-electron chi connectivity index (χ1n) is 8.38. The van der Waals surface area contributed by atoms with Gasteiger partial charge in [0, 0.05) is 18.2 Å². The zero-order chi connectivity index (χ0) is 16.5. The van der Waals surface area contributed by atoms with Crippen molar-refractivity contribution in [3.63, 3.8) is 0 Å². The summed E-state index contributed by atoms with van der Waals surface area (Å²) in [6.45, 7) is 4.42. The Morgan fingerprint density at radius 3 is 3.04 bits per heavy atom. The Morgan fingerprint density at radius 1 is 1.29 bits per heavy atom. The summed E-state index contributed by atoms with van der Waals surface area (Å²) in [5.41, 5.74) is 3.91. The molecule has 1 aliphatic rings. The molecule has 0 radical (unpaired) electrons. The van der Waals surface area contributed by atoms with E-state index >= 15 is 0 Å². The molecule has 5 heteroatoms. The Bertz CT molecular complexity index is 934. The van der Waals surface area contributed by atoms with E-state index in [9.17, 15) is 4.79 Å². The van der Waals surface area contributed by atoms with E-state index in [0.29, 0.717) is 17.1 Å². The number of benzene rings is 1. The lowest BCUT2D eigenvalue weighted by Crippen LogP contribution is -2.26. The maximum absolute atomic E-state index is 11.9. The van der Waals surface area contributed by atoms with Crippen LogP contribution in [0.25, 0.3) is 22.3 Å². The minimum Gasteiger partial charge on any atom is -0.311 e. The van der Waals surface area contributed by atoms with Gasteiger partial charge in [-0.2, -0.15) is 0 Å². The molecule has 3 aromatic rings. The molecule has 0 bridgehead atoms. The lowest BCUT2D eigenvalue weighted by Gasteiger charge is -2.21. The summed E-state index contributed by atoms with van der Waals surface area (Å²) < 4.78 is 0. The van der Waals surface area contributed by atoms with Crippen molar-refractivity contribution in [3.8, 4) is 11.3 Å². The van der Waals surface area contributed by atoms with Gasteiger partial charge in [-0.25, -0.2) is 9.97 Å². The number of likely N-dealkylation sites (tertiary alicyclic amines) is 1. The molecule has 2 aromatic heterocycles. The van der Waals surface area contributed by atoms with Gasteiger partial charge < -0.3 is 4.98 Å². The van der Waals surface area contributed by atoms with Gasteiger partial charge in [-0.1, -0.05) is 18.2 Å². The highest BCUT2D eigenvalue weighted by atomic mass is 16.1. The lowest BCUT2D eigenvalue weighted by molar-refractivity contribution is 0.260. The Balaban J connectivity index is 1.68. The minimum absolute atomic E-state index is 0.205. The second-order valence-electron chi connectivity index (χ2n) is 6.46. The third-order valence-electron chi connectivity index (χ3n) is 4.79. The van der Waals surface area contributed by atoms with Crippen LogP contribution in [-0.4, -0.2) is 32.4 Å². The SMILES string of the molecule is C[C@H]1CCCN1Cc1cccc(-c2ccc3nc[nH]c(=O)c3n2)c1. The van der Waals surface area contributed by atoms with E-state index in [1.165, 1.54) is 31.3 Å². The Hall–Kier alpha value is -2.53. The molecule has 1 atom stereocenters. The highest BCUT2D eigenvalue weighted by molar-refractivity contribution is 5.76. The number of nitrogens with zero attached hydrogens (tertiary/aromatic N) is 3. The molecule has 3 heterocycles. The summed E-state index contributed by atoms with van der Waals surface area (Å²) in [4.78, 5) is 25.7. The first-order chi connectivity index (χ1) is 11.7. The van der Waals surface area contributed by atoms with Gasteiger partial charge in [-0.15, -0.1) is 0 Å². The molecule has 1 N–H and O–H groups in total. The fourth-order valence-electron chi connectivity index (χ4n) is 3.40. The summed E-state index contributed by atoms with van der Waals surface area (Å²) in [6, 6.07) is 12.8. The van der Waals surface area contributed by atoms with Crippen LogP contribution in [0.2, 0.25) is 0 Å². The molecule has 4 rings (SSSR count). The number of nitrogens with one attached hydrogen (secondary N) is 1. The molecule has 1 aromatic carbocycles. The van der Waals surface area contributed by atoms with Crippen LogP contribution >= 0.6 is 0 Å². The lowest BCUT2D eigenvalue weighted by atomic mass is 10.1. The maximum Gasteiger partial charge on any atom is 0.277 e. The number of fused-ring (bicyclic) bond motifs is 1. The average Bonchev–Trinajstić information content (AvgIpc) is 3.00. The average molecular weight is 320 g/mol. The van der Waals surface area contributed by atoms with Crippen LogP contribution in [0, 0.1) is 0 Å². The van der Waals surface area contributed by atoms with Crippen molar-refractivity contribution in [2.24, 2.45) is 0 Å². The molecule has 122 valence electrons. The Labute approximate surface area is 140 Å². The zero-order valence-corrected chi connectivity index (χ0v) is 13.7. The topological polar surface area (TPSA) is 61.9 Å². The number of aromatic nitrogens is 3. The van der Waals surface area contributed by atoms with E-state index in [2.05, 4.69) is 45.0 Å². The number of aromatic amines is 1. The first kappa shape index (κ1) is 15.0. The van der Waals surface area contributed by atoms with Gasteiger partial charge in [0.05, 0.1) is 17.5 Å². The number of hydrogen-bond acceptors (Lipinski definition) is 4. The smallest absolute Gasteiger partial charge is 0.277 e. The van der Waals surface area contributed by atoms with E-state index < -0.39 is 0 Å². The van der Waals surface area contributed by atoms with Crippen LogP contribution < -0.4 is 5.56 Å². The van der Waals surface area contributed by atoms with Crippen molar-refractivity contribution < 1.29 is 0 Å². The normalized spacial score (nSPS) is 18.3. The molecule has 1 aliphatic heterocycles. The fraction of sp³-hybridized carbons (Fsp3) is 0.316. The largest absolute Gasteiger partial charge is 0.311 e. The highest BCUT2D eigenvalue weighted by Crippen LogP contribution is 2.23. The molecular formula is C19H20N4O. The third-order valence-corrected chi connectivity index (χ3v) is 4.79. The van der Waals surface area contributed by atoms with Crippen LogP contribution in [0.15, 0.2) is 47.5 Å². The van der Waals surface area contributed by atoms with Crippen LogP contribution in [0.5, 0.6) is 0 Å². The molecular weight excluding hydrogens is 300 g/mol. The van der Waals surface area contributed by atoms with Crippen molar-refractivity contribution in [1.82, 2.24) is 19.9 Å². The standard InChI is InChI=1S/C19H20N4O/c1-13-4-3-9-23(13)11-14-5-2-6-15(10-14)16-7-8-17-18(22-16)19(24)21-12-20-17/h2,5-8,10,12-13H,3-4,9,11H2,1H3,(H,20,21,24)/t13-/m0/s1. The van der Waals surface area contributed by atoms with Gasteiger partial charge in [-0.3, -0.25) is 9.69 Å². The Kier molecular flexibility index (Phi) is 3.86. The first-order valence-corrected chi connectivity index (χ1v) is 8.38. The van der Waals surface area contributed by atoms with Crippen molar-refractivity contribution in [2.75, 3.05) is 6.54 Å². The van der Waals surface area contributed by atoms with Crippen molar-refractivity contribution in [1.29, 1.82) is 0 Å². The zero-order valence-electron chi connectivity index (χ0n) is 13.7. The molecule has 0 aliphatic carbocycles. The molecule has 0 saturated carbocycles. The molecule has 0 amide bonds. The van der Waals surface area contributed by atoms with Crippen LogP contribution in [0.3, 0.4) is 0 Å². The summed E-state index contributed by atoms with van der Waals surface area (Å²) in [6.07, 6.45) is 3.97. The maximum atomic E-state index is 11.9. The summed E-state index contributed by atoms with van der Waals surface area (Å²) in [7, 11) is 0. The van der Waals surface area contributed by atoms with E-state index in [-0.39, 0.29) is 5.56 Å². The number of H-pyrrole nitrogens is 1. The van der Waals surface area contributed by atoms with Crippen LogP contribution in [0.4, 0.5) is 0 Å². The molecule has 0 unspecified atom stereocenters. The van der Waals surface area contributed by atoms with Gasteiger partial charge in [0.2, 0.25) is 0 Å². The van der Waals surface area contributed by atoms with Crippen molar-refractivity contribution in [3.05, 3.63) is 58.6 Å². The monoisotopic (exact) mass is 320 g/mol. The summed E-state index contributed by atoms with van der Waals surface area (Å²) in [5, 5.41) is 0. The van der Waals surface area contributed by atoms with Gasteiger partial charge in [0.1, 0.15) is 0 Å². The molecule has 1 fully saturated rings. The van der Waals surface area contributed by atoms with E-state index in [1.54, 1.807) is 0 Å². The Morgan fingerprint density at radius 2 is 2.21 bits per heavy atom. The minimum atomic E-state index is -0.205. The van der Waals surface area contributed by atoms with Crippen LogP contribution in [-0.2, 0) is 6.54 Å². The predicted octanol–water partition coefficient (Wildman–Crippen LogP) is 2.97. The number of rotatable bonds is 3. The number of pyridine rings is 1. The molecule has 1 saturated heterocycles. The van der Waals surface area contributed by atoms with Gasteiger partial charge in [0.25, 0.3) is 5.56 Å². The van der Waals surface area contributed by atoms with E-state index in [0.717, 1.165) is 17.8 Å². The summed E-state index contributed by atoms with van der Waals surface area (Å²) in [5.74, 6) is 0. The molecule has 0 spiro atoms. The van der Waals surface area contributed by atoms with Gasteiger partial charge >= 0.3 is 0 Å². The quantitative estimate of drug-likeness (QED) is 0.806. The second-order valence-corrected chi connectivity index (χ2v) is 6.46. The van der Waals surface area contributed by atoms with Crippen molar-refractivity contribution >= 4 is 11.0 Å². The van der Waals surface area contributed by atoms with Gasteiger partial charge in [0.15, 0.2) is 5.52 Å². The summed E-state index contributed by atoms with van der Waals surface area (Å²) >= 11 is 0. The predicted molar refractivity (Wildman–Crippen MR) is 94.7 cm³/mol. The van der Waals surface area contributed by atoms with Crippen LogP contribution in [0.1, 0.15) is 25.3 Å². The second kappa shape index (κ2) is 6.17. The highest BCUT2D eigenvalue weighted by Gasteiger charge is 2.20. The van der Waals surface area contributed by atoms with Gasteiger partial charge in [-0.05, 0) is 50.1 Å². The third kappa shape index (κ3) is 2.83. The molecule has 24 heavy (non-hydrogen) atoms. The fourth-order valence-corrected chi connectivity index (χ4v) is 3.40. The molecule has 5 nitrogen and oxygen atoms in total.